The summed E-state index contributed by atoms with van der Waals surface area (Å²) in [7, 11) is 0. The Labute approximate surface area is 129 Å². The van der Waals surface area contributed by atoms with Gasteiger partial charge in [0.25, 0.3) is 0 Å². The second kappa shape index (κ2) is 6.02. The highest BCUT2D eigenvalue weighted by Gasteiger charge is 2.20. The maximum atomic E-state index is 12.6. The van der Waals surface area contributed by atoms with Crippen LogP contribution in [-0.2, 0) is 4.79 Å². The van der Waals surface area contributed by atoms with Crippen LogP contribution in [0.3, 0.4) is 0 Å². The summed E-state index contributed by atoms with van der Waals surface area (Å²) in [5.41, 5.74) is 2.78. The number of carbonyl (C=O) groups is 1. The van der Waals surface area contributed by atoms with E-state index in [0.717, 1.165) is 22.9 Å². The van der Waals surface area contributed by atoms with E-state index in [-0.39, 0.29) is 11.8 Å². The van der Waals surface area contributed by atoms with Crippen LogP contribution in [0.2, 0.25) is 0 Å². The van der Waals surface area contributed by atoms with E-state index in [1.54, 1.807) is 0 Å². The lowest BCUT2D eigenvalue weighted by molar-refractivity contribution is -0.117. The molecule has 1 unspecified atom stereocenters. The molecule has 1 N–H and O–H groups in total. The minimum absolute atomic E-state index is 0.0644. The van der Waals surface area contributed by atoms with Crippen molar-refractivity contribution in [1.29, 1.82) is 0 Å². The summed E-state index contributed by atoms with van der Waals surface area (Å²) < 4.78 is 5.26. The number of aromatic nitrogens is 1. The second-order valence-electron chi connectivity index (χ2n) is 5.39. The zero-order valence-electron chi connectivity index (χ0n) is 12.7. The van der Waals surface area contributed by atoms with Gasteiger partial charge >= 0.3 is 0 Å². The molecule has 1 atom stereocenters. The Balaban J connectivity index is 1.87. The molecule has 4 heteroatoms. The molecule has 1 aromatic heterocycles. The monoisotopic (exact) mass is 294 g/mol. The number of hydrogen-bond acceptors (Lipinski definition) is 3. The minimum Gasteiger partial charge on any atom is -0.354 e. The van der Waals surface area contributed by atoms with Crippen molar-refractivity contribution >= 4 is 22.7 Å². The van der Waals surface area contributed by atoms with Gasteiger partial charge in [0.2, 0.25) is 5.91 Å². The van der Waals surface area contributed by atoms with Gasteiger partial charge in [-0.15, -0.1) is 0 Å². The number of fused-ring (bicyclic) bond motifs is 1. The van der Waals surface area contributed by atoms with Crippen LogP contribution in [-0.4, -0.2) is 11.1 Å². The van der Waals surface area contributed by atoms with Crippen molar-refractivity contribution < 1.29 is 9.32 Å². The van der Waals surface area contributed by atoms with Crippen molar-refractivity contribution in [2.24, 2.45) is 0 Å². The molecule has 112 valence electrons. The van der Waals surface area contributed by atoms with E-state index < -0.39 is 0 Å². The van der Waals surface area contributed by atoms with Crippen molar-refractivity contribution in [2.75, 3.05) is 5.32 Å². The summed E-state index contributed by atoms with van der Waals surface area (Å²) >= 11 is 0. The standard InChI is InChI=1S/C18H18N2O2/c1-3-14(13-7-5-4-6-8-13)18(21)19-17-15-11-12(2)9-10-16(15)22-20-17/h4-11,14H,3H2,1-2H3,(H,19,20,21). The van der Waals surface area contributed by atoms with Crippen LogP contribution >= 0.6 is 0 Å². The first-order chi connectivity index (χ1) is 10.7. The van der Waals surface area contributed by atoms with Crippen LogP contribution in [0.15, 0.2) is 53.1 Å². The molecule has 2 aromatic carbocycles. The van der Waals surface area contributed by atoms with Crippen molar-refractivity contribution in [1.82, 2.24) is 5.16 Å². The molecule has 0 aliphatic carbocycles. The molecule has 22 heavy (non-hydrogen) atoms. The molecule has 0 saturated carbocycles. The summed E-state index contributed by atoms with van der Waals surface area (Å²) in [6, 6.07) is 15.6. The predicted molar refractivity (Wildman–Crippen MR) is 86.8 cm³/mol. The topological polar surface area (TPSA) is 55.1 Å². The molecule has 0 fully saturated rings. The summed E-state index contributed by atoms with van der Waals surface area (Å²) in [5, 5.41) is 7.71. The normalized spacial score (nSPS) is 12.3. The van der Waals surface area contributed by atoms with Crippen molar-refractivity contribution in [2.45, 2.75) is 26.2 Å². The van der Waals surface area contributed by atoms with Gasteiger partial charge in [0, 0.05) is 0 Å². The predicted octanol–water partition coefficient (Wildman–Crippen LogP) is 4.27. The van der Waals surface area contributed by atoms with E-state index in [1.165, 1.54) is 0 Å². The lowest BCUT2D eigenvalue weighted by atomic mass is 9.95. The number of nitrogens with zero attached hydrogens (tertiary/aromatic N) is 1. The van der Waals surface area contributed by atoms with Crippen LogP contribution in [0.5, 0.6) is 0 Å². The lowest BCUT2D eigenvalue weighted by Crippen LogP contribution is -2.20. The number of carbonyl (C=O) groups excluding carboxylic acids is 1. The summed E-state index contributed by atoms with van der Waals surface area (Å²) in [6.07, 6.45) is 0.727. The van der Waals surface area contributed by atoms with Crippen LogP contribution in [0.1, 0.15) is 30.4 Å². The fourth-order valence-corrected chi connectivity index (χ4v) is 2.60. The fraction of sp³-hybridized carbons (Fsp3) is 0.222. The van der Waals surface area contributed by atoms with Gasteiger partial charge in [-0.05, 0) is 31.0 Å². The molecule has 1 amide bonds. The zero-order chi connectivity index (χ0) is 15.5. The summed E-state index contributed by atoms with van der Waals surface area (Å²) in [5.74, 6) is 0.223. The number of aryl methyl sites for hydroxylation is 1. The highest BCUT2D eigenvalue weighted by molar-refractivity contribution is 6.01. The van der Waals surface area contributed by atoms with E-state index in [9.17, 15) is 4.79 Å². The molecule has 4 nitrogen and oxygen atoms in total. The zero-order valence-corrected chi connectivity index (χ0v) is 12.7. The second-order valence-corrected chi connectivity index (χ2v) is 5.39. The number of benzene rings is 2. The van der Waals surface area contributed by atoms with Crippen LogP contribution in [0, 0.1) is 6.92 Å². The molecule has 0 radical (unpaired) electrons. The Morgan fingerprint density at radius 2 is 2.00 bits per heavy atom. The number of nitrogens with one attached hydrogen (secondary N) is 1. The third kappa shape index (κ3) is 2.72. The Morgan fingerprint density at radius 3 is 2.73 bits per heavy atom. The van der Waals surface area contributed by atoms with Gasteiger partial charge in [0.05, 0.1) is 11.3 Å². The third-order valence-corrected chi connectivity index (χ3v) is 3.79. The van der Waals surface area contributed by atoms with Crippen molar-refractivity contribution in [3.8, 4) is 0 Å². The molecule has 0 spiro atoms. The number of rotatable bonds is 4. The van der Waals surface area contributed by atoms with Gasteiger partial charge in [-0.1, -0.05) is 54.0 Å². The molecule has 0 aliphatic heterocycles. The molecule has 0 saturated heterocycles. The quantitative estimate of drug-likeness (QED) is 0.781. The number of anilines is 1. The summed E-state index contributed by atoms with van der Waals surface area (Å²) in [4.78, 5) is 12.6. The molecular formula is C18H18N2O2. The van der Waals surface area contributed by atoms with Crippen LogP contribution < -0.4 is 5.32 Å². The Bertz CT molecular complexity index is 793. The van der Waals surface area contributed by atoms with E-state index >= 15 is 0 Å². The average Bonchev–Trinajstić information content (AvgIpc) is 2.91. The van der Waals surface area contributed by atoms with E-state index in [0.29, 0.717) is 11.4 Å². The number of amides is 1. The maximum Gasteiger partial charge on any atom is 0.233 e. The SMILES string of the molecule is CCC(C(=O)Nc1noc2ccc(C)cc12)c1ccccc1. The summed E-state index contributed by atoms with van der Waals surface area (Å²) in [6.45, 7) is 4.00. The first-order valence-electron chi connectivity index (χ1n) is 7.41. The molecule has 3 rings (SSSR count). The fourth-order valence-electron chi connectivity index (χ4n) is 2.60. The molecule has 3 aromatic rings. The third-order valence-electron chi connectivity index (χ3n) is 3.79. The van der Waals surface area contributed by atoms with E-state index in [2.05, 4.69) is 10.5 Å². The van der Waals surface area contributed by atoms with Gasteiger partial charge in [-0.25, -0.2) is 0 Å². The van der Waals surface area contributed by atoms with E-state index in [1.807, 2.05) is 62.4 Å². The minimum atomic E-state index is -0.197. The first-order valence-corrected chi connectivity index (χ1v) is 7.41. The number of hydrogen-bond donors (Lipinski definition) is 1. The van der Waals surface area contributed by atoms with Crippen LogP contribution in [0.4, 0.5) is 5.82 Å². The van der Waals surface area contributed by atoms with Crippen LogP contribution in [0.25, 0.3) is 11.0 Å². The van der Waals surface area contributed by atoms with E-state index in [4.69, 9.17) is 4.52 Å². The Morgan fingerprint density at radius 1 is 1.23 bits per heavy atom. The highest BCUT2D eigenvalue weighted by Crippen LogP contribution is 2.26. The maximum absolute atomic E-state index is 12.6. The van der Waals surface area contributed by atoms with Gasteiger partial charge in [-0.3, -0.25) is 4.79 Å². The smallest absolute Gasteiger partial charge is 0.233 e. The Kier molecular flexibility index (Phi) is 3.92. The largest absolute Gasteiger partial charge is 0.354 e. The van der Waals surface area contributed by atoms with Crippen molar-refractivity contribution in [3.05, 3.63) is 59.7 Å². The van der Waals surface area contributed by atoms with Crippen molar-refractivity contribution in [3.63, 3.8) is 0 Å². The van der Waals surface area contributed by atoms with Gasteiger partial charge in [0.1, 0.15) is 0 Å². The Hall–Kier alpha value is -2.62. The molecule has 0 bridgehead atoms. The first kappa shape index (κ1) is 14.3. The van der Waals surface area contributed by atoms with Gasteiger partial charge < -0.3 is 9.84 Å². The highest BCUT2D eigenvalue weighted by atomic mass is 16.5. The van der Waals surface area contributed by atoms with Gasteiger partial charge in [0.15, 0.2) is 11.4 Å². The van der Waals surface area contributed by atoms with Gasteiger partial charge in [-0.2, -0.15) is 0 Å². The molecular weight excluding hydrogens is 276 g/mol. The molecule has 0 aliphatic rings. The lowest BCUT2D eigenvalue weighted by Gasteiger charge is -2.14. The average molecular weight is 294 g/mol. The molecule has 1 heterocycles.